The highest BCUT2D eigenvalue weighted by Gasteiger charge is 2.03. The average molecular weight is 185 g/mol. The lowest BCUT2D eigenvalue weighted by Gasteiger charge is -2.01. The summed E-state index contributed by atoms with van der Waals surface area (Å²) >= 11 is 5.83. The fourth-order valence-corrected chi connectivity index (χ4v) is 1.21. The molecule has 3 N–H and O–H groups in total. The molecule has 0 saturated carbocycles. The molecule has 0 atom stereocenters. The summed E-state index contributed by atoms with van der Waals surface area (Å²) < 4.78 is 0. The van der Waals surface area contributed by atoms with Crippen LogP contribution in [0, 0.1) is 6.92 Å². The zero-order valence-corrected chi connectivity index (χ0v) is 7.34. The Balaban J connectivity index is 3.18. The second-order valence-electron chi connectivity index (χ2n) is 2.47. The topological polar surface area (TPSA) is 58.6 Å². The Morgan fingerprint density at radius 2 is 2.25 bits per heavy atom. The summed E-state index contributed by atoms with van der Waals surface area (Å²) in [6.07, 6.45) is 0. The molecule has 4 heteroatoms. The van der Waals surface area contributed by atoms with Crippen molar-refractivity contribution in [3.05, 3.63) is 34.3 Å². The maximum Gasteiger partial charge on any atom is 0.171 e. The zero-order chi connectivity index (χ0) is 9.14. The van der Waals surface area contributed by atoms with Crippen molar-refractivity contribution in [2.24, 2.45) is 10.9 Å². The van der Waals surface area contributed by atoms with Crippen LogP contribution >= 0.6 is 11.6 Å². The van der Waals surface area contributed by atoms with Crippen molar-refractivity contribution >= 4 is 17.4 Å². The van der Waals surface area contributed by atoms with Gasteiger partial charge in [0, 0.05) is 5.56 Å². The first kappa shape index (κ1) is 8.87. The van der Waals surface area contributed by atoms with Crippen LogP contribution in [0.25, 0.3) is 0 Å². The van der Waals surface area contributed by atoms with E-state index in [9.17, 15) is 0 Å². The summed E-state index contributed by atoms with van der Waals surface area (Å²) in [5.74, 6) is 0.0278. The zero-order valence-electron chi connectivity index (χ0n) is 6.58. The lowest BCUT2D eigenvalue weighted by Crippen LogP contribution is -2.13. The maximum atomic E-state index is 8.39. The van der Waals surface area contributed by atoms with Crippen molar-refractivity contribution in [2.75, 3.05) is 0 Å². The Morgan fingerprint density at radius 1 is 1.58 bits per heavy atom. The molecular formula is C8H9ClN2O. The highest BCUT2D eigenvalue weighted by atomic mass is 35.5. The number of oxime groups is 1. The molecule has 0 bridgehead atoms. The molecule has 0 aliphatic heterocycles. The van der Waals surface area contributed by atoms with Crippen molar-refractivity contribution in [1.29, 1.82) is 0 Å². The first-order valence-electron chi connectivity index (χ1n) is 3.39. The Kier molecular flexibility index (Phi) is 2.55. The number of halogens is 1. The van der Waals surface area contributed by atoms with Gasteiger partial charge in [-0.15, -0.1) is 0 Å². The number of nitrogens with two attached hydrogens (primary N) is 1. The van der Waals surface area contributed by atoms with Crippen molar-refractivity contribution in [1.82, 2.24) is 0 Å². The Bertz CT molecular complexity index is 323. The van der Waals surface area contributed by atoms with Crippen LogP contribution in [0.1, 0.15) is 11.1 Å². The minimum Gasteiger partial charge on any atom is -0.409 e. The summed E-state index contributed by atoms with van der Waals surface area (Å²) in [6.45, 7) is 1.92. The highest BCUT2D eigenvalue weighted by Crippen LogP contribution is 2.16. The molecule has 64 valence electrons. The highest BCUT2D eigenvalue weighted by molar-refractivity contribution is 6.34. The van der Waals surface area contributed by atoms with Gasteiger partial charge in [0.25, 0.3) is 0 Å². The van der Waals surface area contributed by atoms with Crippen molar-refractivity contribution in [2.45, 2.75) is 6.92 Å². The lowest BCUT2D eigenvalue weighted by molar-refractivity contribution is 0.318. The van der Waals surface area contributed by atoms with Crippen LogP contribution < -0.4 is 5.73 Å². The van der Waals surface area contributed by atoms with E-state index in [1.54, 1.807) is 12.1 Å². The van der Waals surface area contributed by atoms with Crippen LogP contribution in [0.5, 0.6) is 0 Å². The van der Waals surface area contributed by atoms with Gasteiger partial charge in [0.15, 0.2) is 5.84 Å². The molecule has 0 unspecified atom stereocenters. The number of hydrogen-bond acceptors (Lipinski definition) is 2. The number of benzene rings is 1. The number of rotatable bonds is 1. The predicted molar refractivity (Wildman–Crippen MR) is 48.7 cm³/mol. The van der Waals surface area contributed by atoms with Gasteiger partial charge in [0.05, 0.1) is 5.02 Å². The Morgan fingerprint density at radius 3 is 2.75 bits per heavy atom. The quantitative estimate of drug-likeness (QED) is 0.302. The molecule has 0 aliphatic carbocycles. The summed E-state index contributed by atoms with van der Waals surface area (Å²) in [7, 11) is 0. The Labute approximate surface area is 75.4 Å². The largest absolute Gasteiger partial charge is 0.409 e. The van der Waals surface area contributed by atoms with E-state index in [4.69, 9.17) is 22.5 Å². The molecule has 0 radical (unpaired) electrons. The van der Waals surface area contributed by atoms with Crippen LogP contribution in [0.4, 0.5) is 0 Å². The molecular weight excluding hydrogens is 176 g/mol. The Hall–Kier alpha value is -1.22. The molecule has 0 spiro atoms. The van der Waals surface area contributed by atoms with Crippen LogP contribution in [0.2, 0.25) is 5.02 Å². The number of hydrogen-bond donors (Lipinski definition) is 2. The molecule has 1 aromatic rings. The minimum atomic E-state index is 0.0278. The third kappa shape index (κ3) is 1.68. The summed E-state index contributed by atoms with van der Waals surface area (Å²) in [5.41, 5.74) is 6.94. The second kappa shape index (κ2) is 3.45. The van der Waals surface area contributed by atoms with E-state index in [1.165, 1.54) is 0 Å². The molecule has 12 heavy (non-hydrogen) atoms. The van der Waals surface area contributed by atoms with Crippen LogP contribution in [-0.4, -0.2) is 11.0 Å². The molecule has 0 saturated heterocycles. The van der Waals surface area contributed by atoms with Gasteiger partial charge in [-0.3, -0.25) is 0 Å². The van der Waals surface area contributed by atoms with Crippen LogP contribution in [0.3, 0.4) is 0 Å². The van der Waals surface area contributed by atoms with Crippen LogP contribution in [-0.2, 0) is 0 Å². The molecule has 0 heterocycles. The molecule has 0 fully saturated rings. The van der Waals surface area contributed by atoms with E-state index < -0.39 is 0 Å². The summed E-state index contributed by atoms with van der Waals surface area (Å²) in [6, 6.07) is 5.32. The van der Waals surface area contributed by atoms with Crippen molar-refractivity contribution < 1.29 is 5.21 Å². The van der Waals surface area contributed by atoms with Gasteiger partial charge in [0.1, 0.15) is 0 Å². The fourth-order valence-electron chi connectivity index (χ4n) is 0.882. The van der Waals surface area contributed by atoms with Gasteiger partial charge in [-0.2, -0.15) is 0 Å². The fraction of sp³-hybridized carbons (Fsp3) is 0.125. The average Bonchev–Trinajstić information content (AvgIpc) is 2.03. The smallest absolute Gasteiger partial charge is 0.171 e. The van der Waals surface area contributed by atoms with Gasteiger partial charge in [0.2, 0.25) is 0 Å². The van der Waals surface area contributed by atoms with E-state index in [0.717, 1.165) is 5.56 Å². The summed E-state index contributed by atoms with van der Waals surface area (Å²) in [5, 5.41) is 11.7. The lowest BCUT2D eigenvalue weighted by atomic mass is 10.1. The normalized spacial score (nSPS) is 11.7. The molecule has 1 aromatic carbocycles. The van der Waals surface area contributed by atoms with Crippen molar-refractivity contribution in [3.63, 3.8) is 0 Å². The molecule has 1 rings (SSSR count). The first-order chi connectivity index (χ1) is 5.65. The third-order valence-electron chi connectivity index (χ3n) is 1.51. The standard InChI is InChI=1S/C8H9ClN2O/c1-5-2-3-6(7(9)4-5)8(10)11-12/h2-4,12H,1H3,(H2,10,11). The van der Waals surface area contributed by atoms with Gasteiger partial charge >= 0.3 is 0 Å². The molecule has 0 amide bonds. The van der Waals surface area contributed by atoms with Crippen LogP contribution in [0.15, 0.2) is 23.4 Å². The molecule has 0 aliphatic rings. The van der Waals surface area contributed by atoms with E-state index in [-0.39, 0.29) is 5.84 Å². The SMILES string of the molecule is Cc1ccc(/C(N)=N/O)c(Cl)c1. The first-order valence-corrected chi connectivity index (χ1v) is 3.77. The number of amidine groups is 1. The number of aryl methyl sites for hydroxylation is 1. The van der Waals surface area contributed by atoms with Gasteiger partial charge < -0.3 is 10.9 Å². The number of nitrogens with zero attached hydrogens (tertiary/aromatic N) is 1. The summed E-state index contributed by atoms with van der Waals surface area (Å²) in [4.78, 5) is 0. The second-order valence-corrected chi connectivity index (χ2v) is 2.88. The monoisotopic (exact) mass is 184 g/mol. The van der Waals surface area contributed by atoms with Gasteiger partial charge in [-0.05, 0) is 24.6 Å². The van der Waals surface area contributed by atoms with E-state index in [2.05, 4.69) is 5.16 Å². The van der Waals surface area contributed by atoms with E-state index >= 15 is 0 Å². The minimum absolute atomic E-state index is 0.0278. The van der Waals surface area contributed by atoms with E-state index in [0.29, 0.717) is 10.6 Å². The predicted octanol–water partition coefficient (Wildman–Crippen LogP) is 1.74. The third-order valence-corrected chi connectivity index (χ3v) is 1.82. The molecule has 0 aromatic heterocycles. The van der Waals surface area contributed by atoms with Gasteiger partial charge in [-0.1, -0.05) is 22.8 Å². The maximum absolute atomic E-state index is 8.39. The van der Waals surface area contributed by atoms with Crippen molar-refractivity contribution in [3.8, 4) is 0 Å². The van der Waals surface area contributed by atoms with E-state index in [1.807, 2.05) is 13.0 Å². The molecule has 3 nitrogen and oxygen atoms in total. The van der Waals surface area contributed by atoms with Gasteiger partial charge in [-0.25, -0.2) is 0 Å².